The molecule has 0 aliphatic rings. The van der Waals surface area contributed by atoms with Crippen LogP contribution in [-0.2, 0) is 4.79 Å². The Morgan fingerprint density at radius 1 is 1.28 bits per heavy atom. The summed E-state index contributed by atoms with van der Waals surface area (Å²) >= 11 is 5.83. The molecule has 0 heterocycles. The van der Waals surface area contributed by atoms with Gasteiger partial charge in [0, 0.05) is 5.02 Å². The fourth-order valence-electron chi connectivity index (χ4n) is 1.58. The monoisotopic (exact) mass is 290 g/mol. The highest BCUT2D eigenvalue weighted by atomic mass is 35.5. The maximum atomic E-state index is 11.7. The summed E-state index contributed by atoms with van der Waals surface area (Å²) in [5, 5.41) is 3.64. The third-order valence-electron chi connectivity index (χ3n) is 2.77. The highest BCUT2D eigenvalue weighted by Crippen LogP contribution is 2.19. The van der Waals surface area contributed by atoms with Gasteiger partial charge in [-0.25, -0.2) is 0 Å². The van der Waals surface area contributed by atoms with Crippen molar-refractivity contribution in [1.29, 1.82) is 0 Å². The Morgan fingerprint density at radius 3 is 2.28 bits per heavy atom. The van der Waals surface area contributed by atoms with Gasteiger partial charge in [-0.2, -0.15) is 0 Å². The fraction of sp³-hybridized carbons (Fsp3) is 0.462. The molecule has 0 spiro atoms. The van der Waals surface area contributed by atoms with E-state index in [0.29, 0.717) is 11.4 Å². The van der Waals surface area contributed by atoms with E-state index >= 15 is 0 Å². The van der Waals surface area contributed by atoms with E-state index in [2.05, 4.69) is 5.32 Å². The van der Waals surface area contributed by atoms with Crippen molar-refractivity contribution in [2.24, 2.45) is 5.73 Å². The van der Waals surface area contributed by atoms with E-state index < -0.39 is 6.04 Å². The van der Waals surface area contributed by atoms with E-state index in [-0.39, 0.29) is 24.4 Å². The first-order chi connectivity index (χ1) is 8.08. The largest absolute Gasteiger partial charge is 0.348 e. The highest BCUT2D eigenvalue weighted by Gasteiger charge is 2.16. The number of hydrogen-bond donors (Lipinski definition) is 2. The molecular formula is C13H20Cl2N2O. The molecule has 3 N–H and O–H groups in total. The lowest BCUT2D eigenvalue weighted by atomic mass is 10.0. The van der Waals surface area contributed by atoms with Crippen LogP contribution in [0.15, 0.2) is 24.3 Å². The van der Waals surface area contributed by atoms with E-state index in [1.165, 1.54) is 0 Å². The first-order valence-corrected chi connectivity index (χ1v) is 6.27. The number of carbonyl (C=O) groups excluding carboxylic acids is 1. The lowest BCUT2D eigenvalue weighted by Gasteiger charge is -2.19. The summed E-state index contributed by atoms with van der Waals surface area (Å²) in [7, 11) is 0. The van der Waals surface area contributed by atoms with Crippen LogP contribution >= 0.6 is 24.0 Å². The van der Waals surface area contributed by atoms with Crippen LogP contribution < -0.4 is 11.1 Å². The fourth-order valence-corrected chi connectivity index (χ4v) is 1.71. The number of halogens is 2. The minimum Gasteiger partial charge on any atom is -0.348 e. The second-order valence-corrected chi connectivity index (χ2v) is 4.47. The highest BCUT2D eigenvalue weighted by molar-refractivity contribution is 6.30. The van der Waals surface area contributed by atoms with E-state index in [1.807, 2.05) is 38.1 Å². The second-order valence-electron chi connectivity index (χ2n) is 4.04. The van der Waals surface area contributed by atoms with Crippen molar-refractivity contribution in [2.75, 3.05) is 0 Å². The first kappa shape index (κ1) is 17.2. The molecule has 1 rings (SSSR count). The van der Waals surface area contributed by atoms with E-state index in [9.17, 15) is 4.79 Å². The molecule has 1 unspecified atom stereocenters. The Hall–Kier alpha value is -0.770. The van der Waals surface area contributed by atoms with Crippen LogP contribution in [0.4, 0.5) is 0 Å². The third-order valence-corrected chi connectivity index (χ3v) is 3.03. The maximum absolute atomic E-state index is 11.7. The number of amides is 1. The number of nitrogens with two attached hydrogens (primary N) is 1. The van der Waals surface area contributed by atoms with Gasteiger partial charge >= 0.3 is 0 Å². The van der Waals surface area contributed by atoms with Crippen molar-refractivity contribution in [1.82, 2.24) is 5.32 Å². The molecule has 0 aromatic heterocycles. The van der Waals surface area contributed by atoms with Crippen LogP contribution in [0.3, 0.4) is 0 Å². The van der Waals surface area contributed by atoms with Crippen LogP contribution in [0, 0.1) is 0 Å². The smallest absolute Gasteiger partial charge is 0.237 e. The molecule has 0 radical (unpaired) electrons. The number of nitrogens with one attached hydrogen (secondary N) is 1. The average Bonchev–Trinajstić information content (AvgIpc) is 2.35. The molecule has 2 atom stereocenters. The minimum absolute atomic E-state index is 0. The number of hydrogen-bond acceptors (Lipinski definition) is 2. The molecule has 0 saturated heterocycles. The SMILES string of the molecule is CCC(NC(=O)[C@@H](N)CC)c1ccc(Cl)cc1.Cl. The molecule has 0 saturated carbocycles. The lowest BCUT2D eigenvalue weighted by Crippen LogP contribution is -2.41. The van der Waals surface area contributed by atoms with Crippen molar-refractivity contribution in [3.8, 4) is 0 Å². The van der Waals surface area contributed by atoms with Crippen molar-refractivity contribution < 1.29 is 4.79 Å². The van der Waals surface area contributed by atoms with Crippen molar-refractivity contribution >= 4 is 29.9 Å². The molecule has 5 heteroatoms. The molecule has 3 nitrogen and oxygen atoms in total. The molecule has 0 aliphatic heterocycles. The van der Waals surface area contributed by atoms with Gasteiger partial charge in [0.1, 0.15) is 0 Å². The number of rotatable bonds is 5. The van der Waals surface area contributed by atoms with E-state index in [0.717, 1.165) is 12.0 Å². The number of carbonyl (C=O) groups is 1. The minimum atomic E-state index is -0.434. The molecule has 1 aromatic rings. The van der Waals surface area contributed by atoms with Gasteiger partial charge in [0.2, 0.25) is 5.91 Å². The maximum Gasteiger partial charge on any atom is 0.237 e. The second kappa shape index (κ2) is 8.35. The van der Waals surface area contributed by atoms with Crippen molar-refractivity contribution in [2.45, 2.75) is 38.8 Å². The summed E-state index contributed by atoms with van der Waals surface area (Å²) in [4.78, 5) is 11.7. The van der Waals surface area contributed by atoms with Gasteiger partial charge in [-0.1, -0.05) is 37.6 Å². The summed E-state index contributed by atoms with van der Waals surface area (Å²) in [5.74, 6) is -0.103. The van der Waals surface area contributed by atoms with Gasteiger partial charge in [0.05, 0.1) is 12.1 Å². The predicted molar refractivity (Wildman–Crippen MR) is 78.1 cm³/mol. The normalized spacial score (nSPS) is 13.3. The Balaban J connectivity index is 0.00000289. The summed E-state index contributed by atoms with van der Waals surface area (Å²) < 4.78 is 0. The van der Waals surface area contributed by atoms with Gasteiger partial charge in [0.15, 0.2) is 0 Å². The summed E-state index contributed by atoms with van der Waals surface area (Å²) in [5.41, 5.74) is 6.74. The summed E-state index contributed by atoms with van der Waals surface area (Å²) in [6.45, 7) is 3.92. The quantitative estimate of drug-likeness (QED) is 0.876. The topological polar surface area (TPSA) is 55.1 Å². The van der Waals surface area contributed by atoms with E-state index in [1.54, 1.807) is 0 Å². The van der Waals surface area contributed by atoms with Crippen LogP contribution in [0.25, 0.3) is 0 Å². The van der Waals surface area contributed by atoms with Gasteiger partial charge < -0.3 is 11.1 Å². The molecule has 0 fully saturated rings. The molecule has 0 aliphatic carbocycles. The zero-order valence-corrected chi connectivity index (χ0v) is 12.2. The standard InChI is InChI=1S/C13H19ClN2O.ClH/c1-3-11(15)13(17)16-12(4-2)9-5-7-10(14)8-6-9;/h5-8,11-12H,3-4,15H2,1-2H3,(H,16,17);1H/t11-,12?;/m0./s1. The van der Waals surface area contributed by atoms with E-state index in [4.69, 9.17) is 17.3 Å². The Labute approximate surface area is 119 Å². The molecule has 102 valence electrons. The van der Waals surface area contributed by atoms with Crippen LogP contribution in [0.5, 0.6) is 0 Å². The van der Waals surface area contributed by atoms with Crippen molar-refractivity contribution in [3.63, 3.8) is 0 Å². The molecule has 0 bridgehead atoms. The molecule has 18 heavy (non-hydrogen) atoms. The van der Waals surface area contributed by atoms with Crippen molar-refractivity contribution in [3.05, 3.63) is 34.9 Å². The van der Waals surface area contributed by atoms with Crippen LogP contribution in [0.1, 0.15) is 38.3 Å². The summed E-state index contributed by atoms with van der Waals surface area (Å²) in [6, 6.07) is 7.06. The number of benzene rings is 1. The van der Waals surface area contributed by atoms with Gasteiger partial charge in [-0.3, -0.25) is 4.79 Å². The molecular weight excluding hydrogens is 271 g/mol. The zero-order valence-electron chi connectivity index (χ0n) is 10.7. The molecule has 1 amide bonds. The first-order valence-electron chi connectivity index (χ1n) is 5.89. The predicted octanol–water partition coefficient (Wildman–Crippen LogP) is 3.07. The van der Waals surface area contributed by atoms with Gasteiger partial charge in [0.25, 0.3) is 0 Å². The van der Waals surface area contributed by atoms with Crippen LogP contribution in [0.2, 0.25) is 5.02 Å². The zero-order chi connectivity index (χ0) is 12.8. The Kier molecular flexibility index (Phi) is 8.00. The summed E-state index contributed by atoms with van der Waals surface area (Å²) in [6.07, 6.45) is 1.46. The average molecular weight is 291 g/mol. The van der Waals surface area contributed by atoms with Gasteiger partial charge in [-0.05, 0) is 30.5 Å². The third kappa shape index (κ3) is 4.84. The lowest BCUT2D eigenvalue weighted by molar-refractivity contribution is -0.123. The Bertz CT molecular complexity index is 368. The van der Waals surface area contributed by atoms with Crippen LogP contribution in [-0.4, -0.2) is 11.9 Å². The van der Waals surface area contributed by atoms with Gasteiger partial charge in [-0.15, -0.1) is 12.4 Å². The Morgan fingerprint density at radius 2 is 1.83 bits per heavy atom. The molecule has 1 aromatic carbocycles.